The quantitative estimate of drug-likeness (QED) is 0.722. The third-order valence-electron chi connectivity index (χ3n) is 3.93. The van der Waals surface area contributed by atoms with Crippen molar-refractivity contribution in [3.8, 4) is 5.75 Å². The van der Waals surface area contributed by atoms with Crippen LogP contribution in [0.2, 0.25) is 0 Å². The second-order valence-electron chi connectivity index (χ2n) is 5.63. The number of rotatable bonds is 6. The van der Waals surface area contributed by atoms with Crippen LogP contribution in [-0.2, 0) is 17.6 Å². The lowest BCUT2D eigenvalue weighted by Crippen LogP contribution is -2.14. The summed E-state index contributed by atoms with van der Waals surface area (Å²) in [4.78, 5) is 12.3. The summed E-state index contributed by atoms with van der Waals surface area (Å²) in [5.41, 5.74) is 3.71. The van der Waals surface area contributed by atoms with Gasteiger partial charge in [0.2, 0.25) is 5.91 Å². The van der Waals surface area contributed by atoms with Crippen molar-refractivity contribution in [1.29, 1.82) is 0 Å². The van der Waals surface area contributed by atoms with Crippen molar-refractivity contribution >= 4 is 22.6 Å². The van der Waals surface area contributed by atoms with E-state index in [0.29, 0.717) is 6.61 Å². The van der Waals surface area contributed by atoms with Crippen molar-refractivity contribution in [3.63, 3.8) is 0 Å². The number of fused-ring (bicyclic) bond motifs is 1. The zero-order valence-electron chi connectivity index (χ0n) is 14.0. The number of furan rings is 1. The highest BCUT2D eigenvalue weighted by Gasteiger charge is 2.11. The van der Waals surface area contributed by atoms with Gasteiger partial charge in [-0.2, -0.15) is 0 Å². The van der Waals surface area contributed by atoms with Crippen LogP contribution in [0.5, 0.6) is 5.75 Å². The summed E-state index contributed by atoms with van der Waals surface area (Å²) in [5, 5.41) is 3.90. The molecule has 1 amide bonds. The molecule has 124 valence electrons. The second-order valence-corrected chi connectivity index (χ2v) is 5.63. The molecule has 1 heterocycles. The lowest BCUT2D eigenvalue weighted by molar-refractivity contribution is -0.115. The van der Waals surface area contributed by atoms with E-state index in [-0.39, 0.29) is 12.3 Å². The summed E-state index contributed by atoms with van der Waals surface area (Å²) in [5.74, 6) is 0.726. The Hall–Kier alpha value is -2.75. The van der Waals surface area contributed by atoms with E-state index >= 15 is 0 Å². The van der Waals surface area contributed by atoms with Crippen molar-refractivity contribution in [3.05, 3.63) is 59.9 Å². The maximum atomic E-state index is 12.3. The summed E-state index contributed by atoms with van der Waals surface area (Å²) < 4.78 is 11.0. The number of anilines is 1. The molecule has 1 N–H and O–H groups in total. The number of nitrogens with one attached hydrogen (secondary N) is 1. The number of carbonyl (C=O) groups excluding carboxylic acids is 1. The molecule has 0 aliphatic rings. The van der Waals surface area contributed by atoms with Crippen molar-refractivity contribution in [1.82, 2.24) is 0 Å². The minimum Gasteiger partial charge on any atom is -0.494 e. The third kappa shape index (κ3) is 3.59. The normalized spacial score (nSPS) is 10.8. The van der Waals surface area contributed by atoms with Gasteiger partial charge in [-0.1, -0.05) is 19.1 Å². The van der Waals surface area contributed by atoms with Crippen molar-refractivity contribution in [2.45, 2.75) is 26.7 Å². The smallest absolute Gasteiger partial charge is 0.228 e. The summed E-state index contributed by atoms with van der Waals surface area (Å²) >= 11 is 0. The average Bonchev–Trinajstić information content (AvgIpc) is 2.99. The molecule has 1 aromatic heterocycles. The first-order valence-corrected chi connectivity index (χ1v) is 8.21. The van der Waals surface area contributed by atoms with Gasteiger partial charge < -0.3 is 14.5 Å². The maximum Gasteiger partial charge on any atom is 0.228 e. The molecule has 3 aromatic rings. The van der Waals surface area contributed by atoms with Crippen LogP contribution in [0, 0.1) is 0 Å². The number of hydrogen-bond donors (Lipinski definition) is 1. The van der Waals surface area contributed by atoms with Gasteiger partial charge in [0.05, 0.1) is 19.3 Å². The number of amides is 1. The van der Waals surface area contributed by atoms with Gasteiger partial charge >= 0.3 is 0 Å². The Bertz CT molecular complexity index is 834. The van der Waals surface area contributed by atoms with Crippen molar-refractivity contribution < 1.29 is 13.9 Å². The topological polar surface area (TPSA) is 51.5 Å². The Balaban J connectivity index is 1.68. The molecular formula is C20H21NO3. The Labute approximate surface area is 141 Å². The van der Waals surface area contributed by atoms with Gasteiger partial charge in [-0.25, -0.2) is 0 Å². The molecule has 0 saturated carbocycles. The lowest BCUT2D eigenvalue weighted by Gasteiger charge is -2.07. The Morgan fingerprint density at radius 3 is 2.62 bits per heavy atom. The first kappa shape index (κ1) is 16.1. The van der Waals surface area contributed by atoms with E-state index in [4.69, 9.17) is 9.15 Å². The minimum atomic E-state index is -0.0681. The highest BCUT2D eigenvalue weighted by molar-refractivity contribution is 5.95. The first-order chi connectivity index (χ1) is 11.7. The molecule has 0 aliphatic carbocycles. The Morgan fingerprint density at radius 2 is 1.92 bits per heavy atom. The molecule has 0 fully saturated rings. The third-order valence-corrected chi connectivity index (χ3v) is 3.93. The molecule has 0 atom stereocenters. The molecule has 2 aromatic carbocycles. The fourth-order valence-corrected chi connectivity index (χ4v) is 2.66. The van der Waals surface area contributed by atoms with Gasteiger partial charge in [0, 0.05) is 16.6 Å². The van der Waals surface area contributed by atoms with Gasteiger partial charge in [0.25, 0.3) is 0 Å². The van der Waals surface area contributed by atoms with Gasteiger partial charge in [-0.15, -0.1) is 0 Å². The second kappa shape index (κ2) is 7.21. The zero-order chi connectivity index (χ0) is 16.9. The minimum absolute atomic E-state index is 0.0681. The molecule has 4 heteroatoms. The summed E-state index contributed by atoms with van der Waals surface area (Å²) in [6.45, 7) is 4.67. The largest absolute Gasteiger partial charge is 0.494 e. The number of hydrogen-bond acceptors (Lipinski definition) is 3. The molecule has 4 nitrogen and oxygen atoms in total. The number of aryl methyl sites for hydroxylation is 1. The van der Waals surface area contributed by atoms with E-state index in [1.165, 1.54) is 5.56 Å². The van der Waals surface area contributed by atoms with Crippen LogP contribution < -0.4 is 10.1 Å². The lowest BCUT2D eigenvalue weighted by atomic mass is 10.1. The molecular weight excluding hydrogens is 302 g/mol. The Kier molecular flexibility index (Phi) is 4.85. The van der Waals surface area contributed by atoms with Crippen LogP contribution in [0.4, 0.5) is 5.69 Å². The van der Waals surface area contributed by atoms with Crippen LogP contribution in [-0.4, -0.2) is 12.5 Å². The number of benzene rings is 2. The summed E-state index contributed by atoms with van der Waals surface area (Å²) in [7, 11) is 0. The van der Waals surface area contributed by atoms with E-state index in [0.717, 1.165) is 34.4 Å². The molecule has 0 unspecified atom stereocenters. The van der Waals surface area contributed by atoms with Crippen LogP contribution in [0.25, 0.3) is 11.0 Å². The summed E-state index contributed by atoms with van der Waals surface area (Å²) in [6, 6.07) is 13.5. The predicted molar refractivity (Wildman–Crippen MR) is 95.5 cm³/mol. The van der Waals surface area contributed by atoms with Crippen LogP contribution in [0.1, 0.15) is 25.0 Å². The zero-order valence-corrected chi connectivity index (χ0v) is 14.0. The highest BCUT2D eigenvalue weighted by Crippen LogP contribution is 2.24. The van der Waals surface area contributed by atoms with Crippen LogP contribution >= 0.6 is 0 Å². The molecule has 3 rings (SSSR count). The van der Waals surface area contributed by atoms with E-state index in [1.54, 1.807) is 6.26 Å². The van der Waals surface area contributed by atoms with E-state index in [1.807, 2.05) is 43.3 Å². The predicted octanol–water partition coefficient (Wildman–Crippen LogP) is 4.58. The monoisotopic (exact) mass is 323 g/mol. The molecule has 24 heavy (non-hydrogen) atoms. The molecule has 0 saturated heterocycles. The van der Waals surface area contributed by atoms with E-state index in [2.05, 4.69) is 18.3 Å². The first-order valence-electron chi connectivity index (χ1n) is 8.21. The molecule has 0 bridgehead atoms. The van der Waals surface area contributed by atoms with Gasteiger partial charge in [0.15, 0.2) is 0 Å². The fourth-order valence-electron chi connectivity index (χ4n) is 2.66. The van der Waals surface area contributed by atoms with Crippen LogP contribution in [0.3, 0.4) is 0 Å². The molecule has 0 spiro atoms. The van der Waals surface area contributed by atoms with Crippen molar-refractivity contribution in [2.24, 2.45) is 0 Å². The molecule has 0 radical (unpaired) electrons. The standard InChI is InChI=1S/C20H21NO3/c1-3-14-5-10-18-15(13-24-19(18)11-14)12-20(22)21-16-6-8-17(9-7-16)23-4-2/h5-11,13H,3-4,12H2,1-2H3,(H,21,22). The summed E-state index contributed by atoms with van der Waals surface area (Å²) in [6.07, 6.45) is 2.91. The van der Waals surface area contributed by atoms with Crippen LogP contribution in [0.15, 0.2) is 53.1 Å². The fraction of sp³-hybridized carbons (Fsp3) is 0.250. The number of ether oxygens (including phenoxy) is 1. The van der Waals surface area contributed by atoms with E-state index < -0.39 is 0 Å². The highest BCUT2D eigenvalue weighted by atomic mass is 16.5. The Morgan fingerprint density at radius 1 is 1.12 bits per heavy atom. The SMILES string of the molecule is CCOc1ccc(NC(=O)Cc2coc3cc(CC)ccc23)cc1. The van der Waals surface area contributed by atoms with Gasteiger partial charge in [-0.3, -0.25) is 4.79 Å². The van der Waals surface area contributed by atoms with Crippen molar-refractivity contribution in [2.75, 3.05) is 11.9 Å². The molecule has 0 aliphatic heterocycles. The number of carbonyl (C=O) groups is 1. The van der Waals surface area contributed by atoms with Gasteiger partial charge in [0.1, 0.15) is 11.3 Å². The average molecular weight is 323 g/mol. The van der Waals surface area contributed by atoms with E-state index in [9.17, 15) is 4.79 Å². The maximum absolute atomic E-state index is 12.3. The van der Waals surface area contributed by atoms with Gasteiger partial charge in [-0.05, 0) is 49.2 Å².